The summed E-state index contributed by atoms with van der Waals surface area (Å²) in [5.41, 5.74) is -0.538. The molecule has 202 valence electrons. The summed E-state index contributed by atoms with van der Waals surface area (Å²) in [5, 5.41) is 22.6. The predicted molar refractivity (Wildman–Crippen MR) is 141 cm³/mol. The highest BCUT2D eigenvalue weighted by Crippen LogP contribution is 2.67. The van der Waals surface area contributed by atoms with Gasteiger partial charge in [-0.2, -0.15) is 0 Å². The molecule has 0 radical (unpaired) electrons. The Kier molecular flexibility index (Phi) is 8.22. The lowest BCUT2D eigenvalue weighted by atomic mass is 9.46. The second-order valence-corrected chi connectivity index (χ2v) is 12.9. The molecule has 0 aromatic carbocycles. The molecular formula is C31H48O5. The van der Waals surface area contributed by atoms with Crippen LogP contribution in [0.2, 0.25) is 0 Å². The van der Waals surface area contributed by atoms with E-state index in [1.54, 1.807) is 6.08 Å². The van der Waals surface area contributed by atoms with Crippen molar-refractivity contribution < 1.29 is 24.5 Å². The molecule has 0 aromatic rings. The second-order valence-electron chi connectivity index (χ2n) is 12.9. The molecule has 0 amide bonds. The van der Waals surface area contributed by atoms with E-state index in [0.717, 1.165) is 50.5 Å². The van der Waals surface area contributed by atoms with Crippen molar-refractivity contribution >= 4 is 11.8 Å². The minimum absolute atomic E-state index is 0.0426. The number of aliphatic hydroxyl groups excluding tert-OH is 1. The number of aliphatic hydroxyl groups is 2. The standard InChI is InChI=1S/C31H48O5/c1-5-6-7-8-9-10-11-12-13-27(34)36-26-20-29(2)21(18-24(26)32)14-15-22-23-16-17-31(4,35)30(23,3)19-25(33)28(22)29/h18,20,22-23,25,28,33,35H,5-17,19H2,1-4H3/t22?,23?,25-,28?,29-,30-,31-/m0/s1. The van der Waals surface area contributed by atoms with Crippen LogP contribution in [0.5, 0.6) is 0 Å². The minimum Gasteiger partial charge on any atom is -0.423 e. The van der Waals surface area contributed by atoms with Crippen molar-refractivity contribution in [3.63, 3.8) is 0 Å². The van der Waals surface area contributed by atoms with Gasteiger partial charge in [0.2, 0.25) is 5.78 Å². The Bertz CT molecular complexity index is 901. The third kappa shape index (κ3) is 4.99. The quantitative estimate of drug-likeness (QED) is 0.267. The first kappa shape index (κ1) is 27.6. The fourth-order valence-electron chi connectivity index (χ4n) is 8.27. The van der Waals surface area contributed by atoms with E-state index in [2.05, 4.69) is 20.8 Å². The summed E-state index contributed by atoms with van der Waals surface area (Å²) in [6, 6.07) is 0. The molecule has 36 heavy (non-hydrogen) atoms. The number of hydrogen-bond acceptors (Lipinski definition) is 5. The Morgan fingerprint density at radius 3 is 2.42 bits per heavy atom. The summed E-state index contributed by atoms with van der Waals surface area (Å²) in [5.74, 6) is 0.137. The van der Waals surface area contributed by atoms with Gasteiger partial charge in [0.1, 0.15) is 0 Å². The number of hydrogen-bond donors (Lipinski definition) is 2. The van der Waals surface area contributed by atoms with Gasteiger partial charge in [-0.1, -0.05) is 71.3 Å². The average Bonchev–Trinajstić information content (AvgIpc) is 3.04. The van der Waals surface area contributed by atoms with Crippen LogP contribution >= 0.6 is 0 Å². The molecule has 7 atom stereocenters. The number of ketones is 1. The van der Waals surface area contributed by atoms with E-state index in [-0.39, 0.29) is 34.8 Å². The molecule has 0 bridgehead atoms. The van der Waals surface area contributed by atoms with Gasteiger partial charge < -0.3 is 14.9 Å². The van der Waals surface area contributed by atoms with Crippen LogP contribution in [0.4, 0.5) is 0 Å². The lowest BCUT2D eigenvalue weighted by Crippen LogP contribution is -2.58. The maximum absolute atomic E-state index is 12.9. The van der Waals surface area contributed by atoms with Gasteiger partial charge in [-0.05, 0) is 69.4 Å². The van der Waals surface area contributed by atoms with Gasteiger partial charge in [0, 0.05) is 23.2 Å². The van der Waals surface area contributed by atoms with E-state index in [1.165, 1.54) is 32.1 Å². The molecule has 3 unspecified atom stereocenters. The van der Waals surface area contributed by atoms with Crippen LogP contribution in [0.3, 0.4) is 0 Å². The zero-order chi connectivity index (χ0) is 26.1. The SMILES string of the molecule is CCCCCCCCCCC(=O)OC1=C[C@@]2(C)C(=CC1=O)CCC1C2[C@@H](O)C[C@@]2(C)C1CC[C@]2(C)O. The van der Waals surface area contributed by atoms with Crippen LogP contribution < -0.4 is 0 Å². The first-order valence-electron chi connectivity index (χ1n) is 14.6. The minimum atomic E-state index is -0.769. The van der Waals surface area contributed by atoms with Gasteiger partial charge in [0.25, 0.3) is 0 Å². The highest BCUT2D eigenvalue weighted by molar-refractivity contribution is 6.05. The molecule has 4 aliphatic rings. The Morgan fingerprint density at radius 2 is 1.72 bits per heavy atom. The molecule has 2 N–H and O–H groups in total. The van der Waals surface area contributed by atoms with Crippen molar-refractivity contribution in [3.8, 4) is 0 Å². The number of allylic oxidation sites excluding steroid dienone is 3. The molecule has 3 fully saturated rings. The number of fused-ring (bicyclic) bond motifs is 5. The molecule has 0 heterocycles. The van der Waals surface area contributed by atoms with Crippen molar-refractivity contribution in [2.75, 3.05) is 0 Å². The largest absolute Gasteiger partial charge is 0.423 e. The first-order valence-corrected chi connectivity index (χ1v) is 14.6. The van der Waals surface area contributed by atoms with Crippen LogP contribution in [-0.2, 0) is 14.3 Å². The highest BCUT2D eigenvalue weighted by atomic mass is 16.5. The second kappa shape index (κ2) is 10.7. The van der Waals surface area contributed by atoms with Crippen molar-refractivity contribution in [1.82, 2.24) is 0 Å². The molecule has 4 aliphatic carbocycles. The van der Waals surface area contributed by atoms with Gasteiger partial charge in [-0.3, -0.25) is 9.59 Å². The molecule has 0 spiro atoms. The Hall–Kier alpha value is -1.46. The highest BCUT2D eigenvalue weighted by Gasteiger charge is 2.65. The lowest BCUT2D eigenvalue weighted by molar-refractivity contribution is -0.158. The Balaban J connectivity index is 1.41. The number of carbonyl (C=O) groups is 2. The van der Waals surface area contributed by atoms with Crippen LogP contribution in [-0.4, -0.2) is 33.7 Å². The van der Waals surface area contributed by atoms with Gasteiger partial charge in [-0.25, -0.2) is 0 Å². The van der Waals surface area contributed by atoms with Crippen LogP contribution in [0, 0.1) is 28.6 Å². The Labute approximate surface area is 217 Å². The lowest BCUT2D eigenvalue weighted by Gasteiger charge is -2.59. The maximum atomic E-state index is 12.9. The molecule has 3 saturated carbocycles. The van der Waals surface area contributed by atoms with Crippen molar-refractivity contribution in [3.05, 3.63) is 23.5 Å². The van der Waals surface area contributed by atoms with E-state index in [4.69, 9.17) is 4.74 Å². The van der Waals surface area contributed by atoms with Crippen LogP contribution in [0.1, 0.15) is 118 Å². The zero-order valence-corrected chi connectivity index (χ0v) is 23.0. The fourth-order valence-corrected chi connectivity index (χ4v) is 8.27. The summed E-state index contributed by atoms with van der Waals surface area (Å²) in [6.45, 7) is 8.40. The van der Waals surface area contributed by atoms with Gasteiger partial charge in [-0.15, -0.1) is 0 Å². The van der Waals surface area contributed by atoms with Gasteiger partial charge in [0.15, 0.2) is 5.76 Å². The molecule has 0 aromatic heterocycles. The smallest absolute Gasteiger partial charge is 0.311 e. The van der Waals surface area contributed by atoms with Crippen LogP contribution in [0.25, 0.3) is 0 Å². The van der Waals surface area contributed by atoms with Gasteiger partial charge >= 0.3 is 5.97 Å². The van der Waals surface area contributed by atoms with E-state index < -0.39 is 17.1 Å². The van der Waals surface area contributed by atoms with Gasteiger partial charge in [0.05, 0.1) is 11.7 Å². The zero-order valence-electron chi connectivity index (χ0n) is 23.0. The van der Waals surface area contributed by atoms with Crippen LogP contribution in [0.15, 0.2) is 23.5 Å². The fraction of sp³-hybridized carbons (Fsp3) is 0.806. The topological polar surface area (TPSA) is 83.8 Å². The summed E-state index contributed by atoms with van der Waals surface area (Å²) >= 11 is 0. The van der Waals surface area contributed by atoms with Crippen molar-refractivity contribution in [2.45, 2.75) is 129 Å². The number of esters is 1. The normalized spacial score (nSPS) is 39.6. The summed E-state index contributed by atoms with van der Waals surface area (Å²) in [6.07, 6.45) is 16.5. The number of ether oxygens (including phenoxy) is 1. The van der Waals surface area contributed by atoms with Crippen molar-refractivity contribution in [1.29, 1.82) is 0 Å². The number of carbonyl (C=O) groups excluding carboxylic acids is 2. The average molecular weight is 501 g/mol. The molecular weight excluding hydrogens is 452 g/mol. The summed E-state index contributed by atoms with van der Waals surface area (Å²) in [4.78, 5) is 25.5. The summed E-state index contributed by atoms with van der Waals surface area (Å²) < 4.78 is 5.64. The van der Waals surface area contributed by atoms with E-state index >= 15 is 0 Å². The van der Waals surface area contributed by atoms with E-state index in [9.17, 15) is 19.8 Å². The van der Waals surface area contributed by atoms with Crippen molar-refractivity contribution in [2.24, 2.45) is 28.6 Å². The molecule has 0 aliphatic heterocycles. The monoisotopic (exact) mass is 500 g/mol. The Morgan fingerprint density at radius 1 is 1.06 bits per heavy atom. The molecule has 0 saturated heterocycles. The third-order valence-electron chi connectivity index (χ3n) is 10.6. The number of unbranched alkanes of at least 4 members (excludes halogenated alkanes) is 7. The molecule has 5 nitrogen and oxygen atoms in total. The van der Waals surface area contributed by atoms with E-state index in [0.29, 0.717) is 18.8 Å². The maximum Gasteiger partial charge on any atom is 0.311 e. The summed E-state index contributed by atoms with van der Waals surface area (Å²) in [7, 11) is 0. The third-order valence-corrected chi connectivity index (χ3v) is 10.6. The predicted octanol–water partition coefficient (Wildman–Crippen LogP) is 6.42. The first-order chi connectivity index (χ1) is 17.0. The molecule has 5 heteroatoms. The van der Waals surface area contributed by atoms with E-state index in [1.807, 2.05) is 13.0 Å². The molecule has 4 rings (SSSR count). The number of rotatable bonds is 10.